The van der Waals surface area contributed by atoms with Gasteiger partial charge in [0.2, 0.25) is 5.91 Å². The minimum absolute atomic E-state index is 0.323. The molecule has 1 aromatic heterocycles. The summed E-state index contributed by atoms with van der Waals surface area (Å²) in [5, 5.41) is 2.08. The molecule has 0 aromatic carbocycles. The molecule has 2 aliphatic rings. The fourth-order valence-corrected chi connectivity index (χ4v) is 4.23. The molecule has 3 rings (SSSR count). The molecule has 2 fully saturated rings. The Hall–Kier alpha value is -1.31. The predicted octanol–water partition coefficient (Wildman–Crippen LogP) is 2.06. The molecule has 0 radical (unpaired) electrons. The van der Waals surface area contributed by atoms with E-state index in [1.165, 1.54) is 19.3 Å². The zero-order valence-electron chi connectivity index (χ0n) is 11.8. The number of amides is 1. The maximum atomic E-state index is 12.4. The number of carbonyl (C=O) groups excluding carboxylic acids is 1. The van der Waals surface area contributed by atoms with Crippen LogP contribution in [0.4, 0.5) is 0 Å². The number of carbonyl (C=O) groups is 1. The van der Waals surface area contributed by atoms with Crippen LogP contribution in [0.5, 0.6) is 0 Å². The molecule has 3 nitrogen and oxygen atoms in total. The van der Waals surface area contributed by atoms with Gasteiger partial charge in [0.15, 0.2) is 0 Å². The summed E-state index contributed by atoms with van der Waals surface area (Å²) in [6.07, 6.45) is 3.83. The summed E-state index contributed by atoms with van der Waals surface area (Å²) in [4.78, 5) is 15.3. The molecule has 0 bridgehead atoms. The predicted molar refractivity (Wildman–Crippen MR) is 81.0 cm³/mol. The molecule has 0 spiro atoms. The first-order chi connectivity index (χ1) is 9.70. The summed E-state index contributed by atoms with van der Waals surface area (Å²) in [5.74, 6) is 7.93. The van der Waals surface area contributed by atoms with Crippen LogP contribution in [0.25, 0.3) is 0 Å². The molecular weight excluding hydrogens is 268 g/mol. The van der Waals surface area contributed by atoms with Gasteiger partial charge >= 0.3 is 0 Å². The Balaban J connectivity index is 1.57. The van der Waals surface area contributed by atoms with Crippen LogP contribution in [0.1, 0.15) is 29.7 Å². The lowest BCUT2D eigenvalue weighted by Crippen LogP contribution is -2.28. The molecule has 106 valence electrons. The molecule has 2 N–H and O–H groups in total. The van der Waals surface area contributed by atoms with E-state index in [2.05, 4.69) is 23.3 Å². The highest BCUT2D eigenvalue weighted by molar-refractivity contribution is 7.10. The van der Waals surface area contributed by atoms with Crippen molar-refractivity contribution in [1.29, 1.82) is 0 Å². The SMILES string of the molecule is CN(Cc1csc(C#CCN)c1)C(=O)C1C2CCCC21. The first kappa shape index (κ1) is 13.7. The zero-order valence-corrected chi connectivity index (χ0v) is 12.6. The smallest absolute Gasteiger partial charge is 0.226 e. The fraction of sp³-hybridized carbons (Fsp3) is 0.562. The second-order valence-electron chi connectivity index (χ2n) is 5.80. The Labute approximate surface area is 124 Å². The van der Waals surface area contributed by atoms with Crippen LogP contribution in [0.3, 0.4) is 0 Å². The van der Waals surface area contributed by atoms with Crippen LogP contribution in [0, 0.1) is 29.6 Å². The third-order valence-electron chi connectivity index (χ3n) is 4.46. The second kappa shape index (κ2) is 5.59. The Kier molecular flexibility index (Phi) is 3.82. The van der Waals surface area contributed by atoms with Crippen molar-refractivity contribution >= 4 is 17.2 Å². The van der Waals surface area contributed by atoms with Crippen molar-refractivity contribution in [3.05, 3.63) is 21.9 Å². The topological polar surface area (TPSA) is 46.3 Å². The van der Waals surface area contributed by atoms with E-state index < -0.39 is 0 Å². The van der Waals surface area contributed by atoms with Crippen LogP contribution in [0.15, 0.2) is 11.4 Å². The third-order valence-corrected chi connectivity index (χ3v) is 5.35. The summed E-state index contributed by atoms with van der Waals surface area (Å²) in [7, 11) is 1.92. The zero-order chi connectivity index (χ0) is 14.1. The molecular formula is C16H20N2OS. The highest BCUT2D eigenvalue weighted by Gasteiger charge is 2.57. The Morgan fingerprint density at radius 1 is 1.50 bits per heavy atom. The van der Waals surface area contributed by atoms with Gasteiger partial charge in [-0.3, -0.25) is 4.79 Å². The van der Waals surface area contributed by atoms with E-state index in [1.54, 1.807) is 11.3 Å². The molecule has 2 atom stereocenters. The van der Waals surface area contributed by atoms with Crippen LogP contribution in [0.2, 0.25) is 0 Å². The van der Waals surface area contributed by atoms with Gasteiger partial charge in [0, 0.05) is 19.5 Å². The molecule has 2 aliphatic carbocycles. The number of hydrogen-bond donors (Lipinski definition) is 1. The normalized spacial score (nSPS) is 26.6. The van der Waals surface area contributed by atoms with Crippen molar-refractivity contribution < 1.29 is 4.79 Å². The van der Waals surface area contributed by atoms with Crippen LogP contribution >= 0.6 is 11.3 Å². The van der Waals surface area contributed by atoms with Crippen molar-refractivity contribution in [3.63, 3.8) is 0 Å². The lowest BCUT2D eigenvalue weighted by atomic mass is 10.1. The lowest BCUT2D eigenvalue weighted by Gasteiger charge is -2.17. The van der Waals surface area contributed by atoms with Crippen molar-refractivity contribution in [2.24, 2.45) is 23.5 Å². The van der Waals surface area contributed by atoms with Gasteiger partial charge in [-0.25, -0.2) is 0 Å². The summed E-state index contributed by atoms with van der Waals surface area (Å²) in [6.45, 7) is 1.08. The number of nitrogens with zero attached hydrogens (tertiary/aromatic N) is 1. The molecule has 2 saturated carbocycles. The average Bonchev–Trinajstić information content (AvgIpc) is 2.84. The molecule has 0 saturated heterocycles. The van der Waals surface area contributed by atoms with Gasteiger partial charge in [0.25, 0.3) is 0 Å². The third kappa shape index (κ3) is 2.61. The summed E-state index contributed by atoms with van der Waals surface area (Å²) in [6, 6.07) is 2.06. The lowest BCUT2D eigenvalue weighted by molar-refractivity contribution is -0.132. The van der Waals surface area contributed by atoms with E-state index in [4.69, 9.17) is 5.73 Å². The van der Waals surface area contributed by atoms with Crippen molar-refractivity contribution in [1.82, 2.24) is 4.90 Å². The summed E-state index contributed by atoms with van der Waals surface area (Å²) >= 11 is 1.62. The highest BCUT2D eigenvalue weighted by atomic mass is 32.1. The monoisotopic (exact) mass is 288 g/mol. The Morgan fingerprint density at radius 2 is 2.25 bits per heavy atom. The molecule has 0 aliphatic heterocycles. The van der Waals surface area contributed by atoms with Crippen molar-refractivity contribution in [2.45, 2.75) is 25.8 Å². The van der Waals surface area contributed by atoms with Crippen LogP contribution < -0.4 is 5.73 Å². The quantitative estimate of drug-likeness (QED) is 0.865. The molecule has 1 amide bonds. The highest BCUT2D eigenvalue weighted by Crippen LogP contribution is 2.58. The van der Waals surface area contributed by atoms with Gasteiger partial charge in [-0.15, -0.1) is 11.3 Å². The fourth-order valence-electron chi connectivity index (χ4n) is 3.46. The van der Waals surface area contributed by atoms with E-state index in [0.717, 1.165) is 10.4 Å². The van der Waals surface area contributed by atoms with Gasteiger partial charge in [0.05, 0.1) is 11.4 Å². The van der Waals surface area contributed by atoms with Gasteiger partial charge < -0.3 is 10.6 Å². The molecule has 4 heteroatoms. The first-order valence-corrected chi connectivity index (χ1v) is 8.10. The van der Waals surface area contributed by atoms with E-state index in [1.807, 2.05) is 11.9 Å². The second-order valence-corrected chi connectivity index (χ2v) is 6.72. The van der Waals surface area contributed by atoms with Crippen LogP contribution in [-0.4, -0.2) is 24.4 Å². The van der Waals surface area contributed by atoms with E-state index in [-0.39, 0.29) is 0 Å². The number of rotatable bonds is 3. The van der Waals surface area contributed by atoms with Crippen molar-refractivity contribution in [3.8, 4) is 11.8 Å². The van der Waals surface area contributed by atoms with E-state index in [9.17, 15) is 4.79 Å². The van der Waals surface area contributed by atoms with Gasteiger partial charge in [-0.05, 0) is 41.7 Å². The van der Waals surface area contributed by atoms with Gasteiger partial charge in [-0.1, -0.05) is 18.3 Å². The van der Waals surface area contributed by atoms with E-state index >= 15 is 0 Å². The number of hydrogen-bond acceptors (Lipinski definition) is 3. The molecule has 20 heavy (non-hydrogen) atoms. The number of thiophene rings is 1. The Bertz CT molecular complexity index is 559. The maximum Gasteiger partial charge on any atom is 0.226 e. The first-order valence-electron chi connectivity index (χ1n) is 7.22. The van der Waals surface area contributed by atoms with Gasteiger partial charge in [0.1, 0.15) is 0 Å². The minimum atomic E-state index is 0.323. The van der Waals surface area contributed by atoms with Crippen molar-refractivity contribution in [2.75, 3.05) is 13.6 Å². The Morgan fingerprint density at radius 3 is 2.95 bits per heavy atom. The number of nitrogens with two attached hydrogens (primary N) is 1. The standard InChI is InChI=1S/C16H20N2OS/c1-18(16(19)15-13-5-2-6-14(13)15)9-11-8-12(20-10-11)4-3-7-17/h8,10,13-15H,2,5-7,9,17H2,1H3. The molecule has 1 heterocycles. The largest absolute Gasteiger partial charge is 0.341 e. The number of fused-ring (bicyclic) bond motifs is 1. The van der Waals surface area contributed by atoms with Crippen LogP contribution in [-0.2, 0) is 11.3 Å². The molecule has 2 unspecified atom stereocenters. The summed E-state index contributed by atoms with van der Waals surface area (Å²) < 4.78 is 0. The minimum Gasteiger partial charge on any atom is -0.341 e. The van der Waals surface area contributed by atoms with E-state index in [0.29, 0.717) is 36.8 Å². The maximum absolute atomic E-state index is 12.4. The molecule has 1 aromatic rings. The summed E-state index contributed by atoms with van der Waals surface area (Å²) in [5.41, 5.74) is 6.53. The van der Waals surface area contributed by atoms with Gasteiger partial charge in [-0.2, -0.15) is 0 Å². The average molecular weight is 288 g/mol.